The van der Waals surface area contributed by atoms with E-state index in [-0.39, 0.29) is 18.7 Å². The maximum Gasteiger partial charge on any atom is 0.306 e. The quantitative estimate of drug-likeness (QED) is 0.248. The highest BCUT2D eigenvalue weighted by Crippen LogP contribution is 2.20. The fourth-order valence-electron chi connectivity index (χ4n) is 3.50. The smallest absolute Gasteiger partial charge is 0.306 e. The van der Waals surface area contributed by atoms with E-state index in [4.69, 9.17) is 10.2 Å². The fraction of sp³-hybridized carbons (Fsp3) is 0.905. The molecule has 0 saturated heterocycles. The molecule has 0 aliphatic carbocycles. The van der Waals surface area contributed by atoms with Gasteiger partial charge >= 0.3 is 5.97 Å². The Kier molecular flexibility index (Phi) is 13.6. The molecule has 0 aliphatic rings. The lowest BCUT2D eigenvalue weighted by Crippen LogP contribution is -2.54. The summed E-state index contributed by atoms with van der Waals surface area (Å²) < 4.78 is 0.343. The Morgan fingerprint density at radius 3 is 1.56 bits per heavy atom. The molecule has 0 radical (unpaired) electrons. The summed E-state index contributed by atoms with van der Waals surface area (Å²) >= 11 is 0. The molecule has 6 heteroatoms. The number of carbonyl (C=O) groups excluding carboxylic acids is 1. The zero-order chi connectivity index (χ0) is 20.8. The van der Waals surface area contributed by atoms with E-state index < -0.39 is 18.0 Å². The number of carbonyl (C=O) groups is 2. The number of likely N-dealkylation sites (N-methyl/N-ethyl adjacent to an activating group) is 1. The Balaban J connectivity index is 3.91. The molecule has 0 aromatic carbocycles. The van der Waals surface area contributed by atoms with Crippen molar-refractivity contribution in [3.05, 3.63) is 0 Å². The van der Waals surface area contributed by atoms with Gasteiger partial charge in [-0.3, -0.25) is 9.59 Å². The second kappa shape index (κ2) is 14.1. The van der Waals surface area contributed by atoms with Gasteiger partial charge in [-0.05, 0) is 12.8 Å². The minimum Gasteiger partial charge on any atom is -0.481 e. The predicted molar refractivity (Wildman–Crippen MR) is 108 cm³/mol. The van der Waals surface area contributed by atoms with Crippen LogP contribution >= 0.6 is 0 Å². The molecule has 1 atom stereocenters. The largest absolute Gasteiger partial charge is 0.481 e. The number of unbranched alkanes of at least 4 members (excludes halogenated alkanes) is 10. The van der Waals surface area contributed by atoms with Crippen molar-refractivity contribution < 1.29 is 29.4 Å². The molecule has 0 amide bonds. The van der Waals surface area contributed by atoms with Crippen molar-refractivity contribution in [2.24, 2.45) is 0 Å². The summed E-state index contributed by atoms with van der Waals surface area (Å²) in [4.78, 5) is 23.5. The normalized spacial score (nSPS) is 14.1. The van der Waals surface area contributed by atoms with Crippen LogP contribution in [0.5, 0.6) is 0 Å². The number of aliphatic carboxylic acids is 1. The van der Waals surface area contributed by atoms with Crippen LogP contribution in [0.15, 0.2) is 0 Å². The monoisotopic (exact) mass is 388 g/mol. The van der Waals surface area contributed by atoms with Gasteiger partial charge in [-0.15, -0.1) is 0 Å². The van der Waals surface area contributed by atoms with Gasteiger partial charge in [-0.1, -0.05) is 57.8 Å². The van der Waals surface area contributed by atoms with E-state index in [1.165, 1.54) is 32.1 Å². The fourth-order valence-corrected chi connectivity index (χ4v) is 3.50. The molecule has 0 saturated carbocycles. The first-order chi connectivity index (χ1) is 12.6. The third-order valence-electron chi connectivity index (χ3n) is 4.76. The van der Waals surface area contributed by atoms with E-state index in [1.807, 2.05) is 21.1 Å². The summed E-state index contributed by atoms with van der Waals surface area (Å²) in [6, 6.07) is 0. The number of aliphatic hydroxyl groups excluding tert-OH is 1. The SMILES string of the molecule is C[N+](C)(C)CC(O)(CC(=O)O)C(=O)CCCCCCCCCCCCCO. The number of rotatable bonds is 18. The van der Waals surface area contributed by atoms with Crippen LogP contribution in [0, 0.1) is 0 Å². The summed E-state index contributed by atoms with van der Waals surface area (Å²) in [5.41, 5.74) is -1.78. The number of quaternary nitrogens is 1. The van der Waals surface area contributed by atoms with Gasteiger partial charge < -0.3 is 19.8 Å². The average Bonchev–Trinajstić information content (AvgIpc) is 2.53. The number of carboxylic acid groups (broad SMARTS) is 1. The van der Waals surface area contributed by atoms with E-state index in [2.05, 4.69) is 0 Å². The number of aliphatic hydroxyl groups is 2. The second-order valence-electron chi connectivity index (χ2n) is 8.84. The van der Waals surface area contributed by atoms with Crippen LogP contribution in [0.3, 0.4) is 0 Å². The van der Waals surface area contributed by atoms with E-state index in [0.29, 0.717) is 17.5 Å². The van der Waals surface area contributed by atoms with Crippen molar-refractivity contribution >= 4 is 11.8 Å². The second-order valence-corrected chi connectivity index (χ2v) is 8.84. The Morgan fingerprint density at radius 2 is 1.19 bits per heavy atom. The standard InChI is InChI=1S/C21H41NO5/c1-22(2,3)18-21(27,17-20(25)26)19(24)15-13-11-9-7-5-4-6-8-10-12-14-16-23/h23,27H,4-18H2,1-3H3/p+1. The molecule has 0 fully saturated rings. The topological polar surface area (TPSA) is 94.8 Å². The molecule has 1 unspecified atom stereocenters. The van der Waals surface area contributed by atoms with Crippen LogP contribution < -0.4 is 0 Å². The number of carboxylic acids is 1. The van der Waals surface area contributed by atoms with Crippen molar-refractivity contribution in [2.45, 2.75) is 89.1 Å². The highest BCUT2D eigenvalue weighted by Gasteiger charge is 2.42. The summed E-state index contributed by atoms with van der Waals surface area (Å²) in [7, 11) is 5.52. The number of nitrogens with zero attached hydrogens (tertiary/aromatic N) is 1. The van der Waals surface area contributed by atoms with Gasteiger partial charge in [0.15, 0.2) is 11.4 Å². The zero-order valence-corrected chi connectivity index (χ0v) is 17.7. The van der Waals surface area contributed by atoms with Crippen LogP contribution in [0.4, 0.5) is 0 Å². The highest BCUT2D eigenvalue weighted by atomic mass is 16.4. The Hall–Kier alpha value is -0.980. The van der Waals surface area contributed by atoms with E-state index >= 15 is 0 Å². The number of ketones is 1. The van der Waals surface area contributed by atoms with E-state index in [9.17, 15) is 14.7 Å². The molecule has 0 spiro atoms. The van der Waals surface area contributed by atoms with Crippen molar-refractivity contribution in [2.75, 3.05) is 34.3 Å². The Bertz CT molecular complexity index is 419. The summed E-state index contributed by atoms with van der Waals surface area (Å²) in [5.74, 6) is -1.49. The lowest BCUT2D eigenvalue weighted by Gasteiger charge is -2.33. The lowest BCUT2D eigenvalue weighted by atomic mass is 9.89. The van der Waals surface area contributed by atoms with Gasteiger partial charge in [0.1, 0.15) is 6.54 Å². The van der Waals surface area contributed by atoms with Crippen molar-refractivity contribution in [3.8, 4) is 0 Å². The van der Waals surface area contributed by atoms with Crippen molar-refractivity contribution in [1.82, 2.24) is 0 Å². The molecule has 6 nitrogen and oxygen atoms in total. The van der Waals surface area contributed by atoms with Crippen LogP contribution in [-0.4, -0.2) is 71.5 Å². The van der Waals surface area contributed by atoms with E-state index in [1.54, 1.807) is 0 Å². The third-order valence-corrected chi connectivity index (χ3v) is 4.76. The molecule has 0 rings (SSSR count). The molecule has 27 heavy (non-hydrogen) atoms. The molecule has 0 aliphatic heterocycles. The molecule has 3 N–H and O–H groups in total. The lowest BCUT2D eigenvalue weighted by molar-refractivity contribution is -0.875. The van der Waals surface area contributed by atoms with Gasteiger partial charge in [0, 0.05) is 13.0 Å². The molecule has 0 aromatic rings. The molecule has 160 valence electrons. The maximum atomic E-state index is 12.4. The molecule has 0 bridgehead atoms. The average molecular weight is 389 g/mol. The van der Waals surface area contributed by atoms with Gasteiger partial charge in [0.2, 0.25) is 0 Å². The van der Waals surface area contributed by atoms with Crippen LogP contribution in [-0.2, 0) is 9.59 Å². The highest BCUT2D eigenvalue weighted by molar-refractivity contribution is 5.90. The van der Waals surface area contributed by atoms with Crippen LogP contribution in [0.1, 0.15) is 83.5 Å². The number of hydrogen-bond donors (Lipinski definition) is 3. The zero-order valence-electron chi connectivity index (χ0n) is 17.7. The van der Waals surface area contributed by atoms with Crippen molar-refractivity contribution in [1.29, 1.82) is 0 Å². The predicted octanol–water partition coefficient (Wildman–Crippen LogP) is 3.14. The van der Waals surface area contributed by atoms with Gasteiger partial charge in [-0.2, -0.15) is 0 Å². The first-order valence-corrected chi connectivity index (χ1v) is 10.5. The third kappa shape index (κ3) is 14.7. The Morgan fingerprint density at radius 1 is 0.778 bits per heavy atom. The van der Waals surface area contributed by atoms with Gasteiger partial charge in [-0.25, -0.2) is 0 Å². The molecule has 0 aromatic heterocycles. The maximum absolute atomic E-state index is 12.4. The molecule has 0 heterocycles. The summed E-state index contributed by atoms with van der Waals surface area (Å²) in [6.45, 7) is 0.405. The van der Waals surface area contributed by atoms with Gasteiger partial charge in [0.25, 0.3) is 0 Å². The summed E-state index contributed by atoms with van der Waals surface area (Å²) in [6.07, 6.45) is 11.8. The summed E-state index contributed by atoms with van der Waals surface area (Å²) in [5, 5.41) is 28.4. The number of hydrogen-bond acceptors (Lipinski definition) is 4. The van der Waals surface area contributed by atoms with Crippen LogP contribution in [0.2, 0.25) is 0 Å². The Labute approximate surface area is 165 Å². The van der Waals surface area contributed by atoms with Gasteiger partial charge in [0.05, 0.1) is 27.6 Å². The van der Waals surface area contributed by atoms with E-state index in [0.717, 1.165) is 32.1 Å². The van der Waals surface area contributed by atoms with Crippen molar-refractivity contribution in [3.63, 3.8) is 0 Å². The molecular formula is C21H42NO5+. The first kappa shape index (κ1) is 26.0. The molecular weight excluding hydrogens is 346 g/mol. The first-order valence-electron chi connectivity index (χ1n) is 10.5. The van der Waals surface area contributed by atoms with Crippen LogP contribution in [0.25, 0.3) is 0 Å². The minimum atomic E-state index is -1.78. The minimum absolute atomic E-state index is 0.108. The number of Topliss-reactive ketones (excluding diaryl/α,β-unsaturated/α-hetero) is 1.